The monoisotopic (exact) mass is 421 g/mol. The van der Waals surface area contributed by atoms with Crippen LogP contribution in [-0.4, -0.2) is 7.05 Å². The van der Waals surface area contributed by atoms with Crippen LogP contribution < -0.4 is 4.67 Å². The summed E-state index contributed by atoms with van der Waals surface area (Å²) in [6.07, 6.45) is 0. The molecule has 1 aromatic heterocycles. The van der Waals surface area contributed by atoms with E-state index >= 15 is 0 Å². The van der Waals surface area contributed by atoms with Crippen LogP contribution in [0, 0.1) is 0 Å². The highest BCUT2D eigenvalue weighted by molar-refractivity contribution is 7.39. The third kappa shape index (κ3) is 2.98. The molecule has 3 nitrogen and oxygen atoms in total. The average molecular weight is 421 g/mol. The molecule has 150 valence electrons. The second-order valence-corrected chi connectivity index (χ2v) is 9.04. The van der Waals surface area contributed by atoms with Gasteiger partial charge in [0.2, 0.25) is 0 Å². The van der Waals surface area contributed by atoms with Crippen molar-refractivity contribution in [2.75, 3.05) is 11.7 Å². The first-order valence-electron chi connectivity index (χ1n) is 10.3. The van der Waals surface area contributed by atoms with Crippen LogP contribution in [0.4, 0.5) is 5.69 Å². The molecule has 31 heavy (non-hydrogen) atoms. The van der Waals surface area contributed by atoms with Crippen LogP contribution in [0.3, 0.4) is 0 Å². The molecule has 0 aliphatic rings. The van der Waals surface area contributed by atoms with E-state index in [-0.39, 0.29) is 0 Å². The van der Waals surface area contributed by atoms with E-state index in [0.717, 1.165) is 27.6 Å². The third-order valence-electron chi connectivity index (χ3n) is 5.76. The van der Waals surface area contributed by atoms with E-state index in [0.29, 0.717) is 0 Å². The molecule has 0 fully saturated rings. The molecule has 0 bridgehead atoms. The van der Waals surface area contributed by atoms with Gasteiger partial charge in [0.1, 0.15) is 11.2 Å². The Labute approximate surface area is 180 Å². The standard InChI is InChI=1S/C27H20NO2P/c1-28(21-11-3-2-4-12-21)31-29-24-17-15-19-9-5-7-13-22(19)26(24)27-23-14-8-6-10-20(23)16-18-25(27)30-31/h2-18H,1H3. The van der Waals surface area contributed by atoms with E-state index in [1.165, 1.54) is 21.5 Å². The number of hydrogen-bond acceptors (Lipinski definition) is 3. The molecule has 0 atom stereocenters. The van der Waals surface area contributed by atoms with Crippen LogP contribution in [0.15, 0.2) is 112 Å². The van der Waals surface area contributed by atoms with Crippen molar-refractivity contribution in [2.45, 2.75) is 0 Å². The highest BCUT2D eigenvalue weighted by Crippen LogP contribution is 2.43. The minimum absolute atomic E-state index is 0.850. The van der Waals surface area contributed by atoms with Gasteiger partial charge >= 0.3 is 8.16 Å². The van der Waals surface area contributed by atoms with E-state index in [1.807, 2.05) is 25.2 Å². The summed E-state index contributed by atoms with van der Waals surface area (Å²) in [5.41, 5.74) is 2.76. The smallest absolute Gasteiger partial charge is 0.341 e. The molecule has 0 spiro atoms. The quantitative estimate of drug-likeness (QED) is 0.281. The first kappa shape index (κ1) is 18.1. The van der Waals surface area contributed by atoms with Crippen molar-refractivity contribution in [3.63, 3.8) is 0 Å². The molecule has 4 heteroatoms. The number of rotatable bonds is 2. The minimum atomic E-state index is -1.39. The lowest BCUT2D eigenvalue weighted by atomic mass is 9.99. The third-order valence-corrected chi connectivity index (χ3v) is 7.19. The van der Waals surface area contributed by atoms with E-state index in [1.54, 1.807) is 0 Å². The van der Waals surface area contributed by atoms with E-state index < -0.39 is 8.16 Å². The van der Waals surface area contributed by atoms with Crippen molar-refractivity contribution in [3.8, 4) is 0 Å². The number of para-hydroxylation sites is 1. The summed E-state index contributed by atoms with van der Waals surface area (Å²) in [5.74, 6) is 0. The molecule has 0 aliphatic heterocycles. The van der Waals surface area contributed by atoms with Crippen LogP contribution >= 0.6 is 8.16 Å². The lowest BCUT2D eigenvalue weighted by molar-refractivity contribution is 0.638. The minimum Gasteiger partial charge on any atom is -0.404 e. The van der Waals surface area contributed by atoms with E-state index in [9.17, 15) is 0 Å². The van der Waals surface area contributed by atoms with Gasteiger partial charge in [0, 0.05) is 23.5 Å². The van der Waals surface area contributed by atoms with Crippen molar-refractivity contribution in [3.05, 3.63) is 103 Å². The van der Waals surface area contributed by atoms with Crippen LogP contribution in [-0.2, 0) is 0 Å². The van der Waals surface area contributed by atoms with Gasteiger partial charge < -0.3 is 8.39 Å². The summed E-state index contributed by atoms with van der Waals surface area (Å²) in [5, 5.41) is 6.89. The topological polar surface area (TPSA) is 29.5 Å². The Morgan fingerprint density at radius 2 is 1.03 bits per heavy atom. The lowest BCUT2D eigenvalue weighted by Crippen LogP contribution is -2.03. The molecule has 5 aromatic carbocycles. The van der Waals surface area contributed by atoms with Gasteiger partial charge in [-0.1, -0.05) is 78.9 Å². The molecule has 0 saturated carbocycles. The summed E-state index contributed by atoms with van der Waals surface area (Å²) in [6, 6.07) is 35.5. The summed E-state index contributed by atoms with van der Waals surface area (Å²) in [7, 11) is 0.635. The van der Waals surface area contributed by atoms with Gasteiger partial charge in [0.15, 0.2) is 0 Å². The fraction of sp³-hybridized carbons (Fsp3) is 0.0370. The fourth-order valence-corrected chi connectivity index (χ4v) is 5.46. The van der Waals surface area contributed by atoms with Gasteiger partial charge in [0.05, 0.1) is 0 Å². The molecule has 1 heterocycles. The predicted octanol–water partition coefficient (Wildman–Crippen LogP) is 8.50. The second kappa shape index (κ2) is 7.23. The first-order valence-corrected chi connectivity index (χ1v) is 11.4. The summed E-state index contributed by atoms with van der Waals surface area (Å²) < 4.78 is 15.2. The number of fused-ring (bicyclic) bond motifs is 7. The van der Waals surface area contributed by atoms with Crippen molar-refractivity contribution in [1.29, 1.82) is 0 Å². The maximum atomic E-state index is 6.58. The Bertz CT molecular complexity index is 1510. The molecule has 0 N–H and O–H groups in total. The summed E-state index contributed by atoms with van der Waals surface area (Å²) >= 11 is 0. The maximum Gasteiger partial charge on any atom is 0.341 e. The Morgan fingerprint density at radius 1 is 0.548 bits per heavy atom. The summed E-state index contributed by atoms with van der Waals surface area (Å²) in [4.78, 5) is 0. The molecule has 0 unspecified atom stereocenters. The Balaban J connectivity index is 1.83. The van der Waals surface area contributed by atoms with Gasteiger partial charge in [-0.3, -0.25) is 4.67 Å². The highest BCUT2D eigenvalue weighted by atomic mass is 31.1. The van der Waals surface area contributed by atoms with Crippen molar-refractivity contribution in [1.82, 2.24) is 0 Å². The molecule has 0 radical (unpaired) electrons. The lowest BCUT2D eigenvalue weighted by Gasteiger charge is -2.14. The summed E-state index contributed by atoms with van der Waals surface area (Å²) in [6.45, 7) is 0. The molecule has 0 amide bonds. The van der Waals surface area contributed by atoms with Gasteiger partial charge in [-0.05, 0) is 45.8 Å². The number of hydrogen-bond donors (Lipinski definition) is 0. The Kier molecular flexibility index (Phi) is 4.22. The Morgan fingerprint density at radius 3 is 1.58 bits per heavy atom. The normalized spacial score (nSPS) is 11.4. The molecule has 0 aliphatic carbocycles. The number of benzene rings is 5. The van der Waals surface area contributed by atoms with Gasteiger partial charge in [-0.2, -0.15) is 0 Å². The van der Waals surface area contributed by atoms with E-state index in [4.69, 9.17) is 8.39 Å². The molecule has 6 rings (SSSR count). The Hall–Kier alpha value is -3.68. The van der Waals surface area contributed by atoms with Crippen LogP contribution in [0.5, 0.6) is 0 Å². The number of nitrogens with zero attached hydrogens (tertiary/aromatic N) is 1. The highest BCUT2D eigenvalue weighted by Gasteiger charge is 2.15. The first-order chi connectivity index (χ1) is 15.3. The van der Waals surface area contributed by atoms with Crippen LogP contribution in [0.1, 0.15) is 0 Å². The average Bonchev–Trinajstić information content (AvgIpc) is 3.01. The molecular formula is C27H20NO2P. The largest absolute Gasteiger partial charge is 0.404 e. The van der Waals surface area contributed by atoms with Crippen LogP contribution in [0.2, 0.25) is 0 Å². The number of anilines is 1. The van der Waals surface area contributed by atoms with Gasteiger partial charge in [-0.15, -0.1) is 0 Å². The van der Waals surface area contributed by atoms with Crippen molar-refractivity contribution in [2.24, 2.45) is 0 Å². The SMILES string of the molecule is CN(c1ccccc1)p1oc2ccc3ccccc3c2c2c(ccc3ccccc32)o1. The van der Waals surface area contributed by atoms with Gasteiger partial charge in [-0.25, -0.2) is 0 Å². The fourth-order valence-electron chi connectivity index (χ4n) is 4.22. The van der Waals surface area contributed by atoms with Gasteiger partial charge in [0.25, 0.3) is 0 Å². The molecular weight excluding hydrogens is 401 g/mol. The molecule has 6 aromatic rings. The van der Waals surface area contributed by atoms with Crippen LogP contribution in [0.25, 0.3) is 43.5 Å². The zero-order valence-electron chi connectivity index (χ0n) is 17.0. The zero-order chi connectivity index (χ0) is 20.8. The van der Waals surface area contributed by atoms with Crippen molar-refractivity contribution >= 4 is 57.3 Å². The predicted molar refractivity (Wildman–Crippen MR) is 132 cm³/mol. The van der Waals surface area contributed by atoms with Crippen molar-refractivity contribution < 1.29 is 8.39 Å². The van der Waals surface area contributed by atoms with E-state index in [2.05, 4.69) is 89.6 Å². The second-order valence-electron chi connectivity index (χ2n) is 7.60. The maximum absolute atomic E-state index is 6.58. The molecule has 0 saturated heterocycles. The zero-order valence-corrected chi connectivity index (χ0v) is 17.9.